The fraction of sp³-hybridized carbons (Fsp3) is 0.625. The first-order valence-corrected chi connectivity index (χ1v) is 4.24. The summed E-state index contributed by atoms with van der Waals surface area (Å²) in [6.07, 6.45) is 4.79. The van der Waals surface area contributed by atoms with E-state index in [4.69, 9.17) is 5.73 Å². The summed E-state index contributed by atoms with van der Waals surface area (Å²) in [6, 6.07) is 0.521. The molecule has 1 fully saturated rings. The van der Waals surface area contributed by atoms with Gasteiger partial charge in [0.1, 0.15) is 0 Å². The monoisotopic (exact) mass is 166 g/mol. The molecule has 0 aromatic carbocycles. The molecule has 0 aliphatic carbocycles. The highest BCUT2D eigenvalue weighted by molar-refractivity contribution is 5.30. The zero-order chi connectivity index (χ0) is 8.55. The summed E-state index contributed by atoms with van der Waals surface area (Å²) in [5.41, 5.74) is 6.34. The van der Waals surface area contributed by atoms with E-state index in [2.05, 4.69) is 17.0 Å². The van der Waals surface area contributed by atoms with Crippen LogP contribution in [0.1, 0.15) is 12.5 Å². The number of nitrogens with two attached hydrogens (primary N) is 1. The van der Waals surface area contributed by atoms with Crippen LogP contribution in [0, 0.1) is 0 Å². The van der Waals surface area contributed by atoms with E-state index in [1.807, 2.05) is 10.9 Å². The van der Waals surface area contributed by atoms with Gasteiger partial charge in [-0.15, -0.1) is 0 Å². The molecule has 2 N–H and O–H groups in total. The maximum atomic E-state index is 5.58. The van der Waals surface area contributed by atoms with E-state index in [1.54, 1.807) is 6.20 Å². The van der Waals surface area contributed by atoms with Crippen molar-refractivity contribution in [3.63, 3.8) is 0 Å². The highest BCUT2D eigenvalue weighted by atomic mass is 15.3. The number of anilines is 1. The number of nitrogens with zero attached hydrogens (tertiary/aromatic N) is 3. The topological polar surface area (TPSA) is 47.1 Å². The molecular weight excluding hydrogens is 152 g/mol. The Morgan fingerprint density at radius 2 is 2.50 bits per heavy atom. The molecule has 1 atom stereocenters. The molecule has 2 heterocycles. The van der Waals surface area contributed by atoms with Gasteiger partial charge in [0.2, 0.25) is 0 Å². The lowest BCUT2D eigenvalue weighted by Crippen LogP contribution is -2.16. The molecule has 1 aliphatic heterocycles. The van der Waals surface area contributed by atoms with Crippen molar-refractivity contribution in [2.45, 2.75) is 12.5 Å². The van der Waals surface area contributed by atoms with E-state index >= 15 is 0 Å². The van der Waals surface area contributed by atoms with E-state index in [0.29, 0.717) is 6.04 Å². The van der Waals surface area contributed by atoms with Crippen LogP contribution in [-0.4, -0.2) is 34.8 Å². The first-order chi connectivity index (χ1) is 5.75. The van der Waals surface area contributed by atoms with Crippen LogP contribution in [0.4, 0.5) is 5.69 Å². The number of rotatable bonds is 1. The highest BCUT2D eigenvalue weighted by Gasteiger charge is 2.21. The summed E-state index contributed by atoms with van der Waals surface area (Å²) in [5.74, 6) is 0. The van der Waals surface area contributed by atoms with Crippen LogP contribution in [-0.2, 0) is 0 Å². The molecule has 0 saturated carbocycles. The third kappa shape index (κ3) is 1.30. The molecule has 12 heavy (non-hydrogen) atoms. The van der Waals surface area contributed by atoms with Crippen LogP contribution in [0.5, 0.6) is 0 Å². The van der Waals surface area contributed by atoms with Crippen LogP contribution in [0.15, 0.2) is 12.4 Å². The molecule has 2 rings (SSSR count). The molecule has 66 valence electrons. The number of likely N-dealkylation sites (N-methyl/N-ethyl adjacent to an activating group) is 1. The van der Waals surface area contributed by atoms with Crippen molar-refractivity contribution in [1.29, 1.82) is 0 Å². The SMILES string of the molecule is CN1CC[C@H](n2cc(N)cn2)C1. The Morgan fingerprint density at radius 1 is 1.67 bits per heavy atom. The molecule has 1 aliphatic rings. The average molecular weight is 166 g/mol. The quantitative estimate of drug-likeness (QED) is 0.654. The summed E-state index contributed by atoms with van der Waals surface area (Å²) in [5, 5.41) is 4.20. The van der Waals surface area contributed by atoms with Gasteiger partial charge in [-0.25, -0.2) is 0 Å². The van der Waals surface area contributed by atoms with Crippen molar-refractivity contribution in [3.8, 4) is 0 Å². The van der Waals surface area contributed by atoms with Crippen molar-refractivity contribution in [3.05, 3.63) is 12.4 Å². The first-order valence-electron chi connectivity index (χ1n) is 4.24. The van der Waals surface area contributed by atoms with Gasteiger partial charge in [-0.05, 0) is 20.0 Å². The fourth-order valence-electron chi connectivity index (χ4n) is 1.68. The number of aromatic nitrogens is 2. The average Bonchev–Trinajstić information content (AvgIpc) is 2.58. The third-order valence-corrected chi connectivity index (χ3v) is 2.36. The van der Waals surface area contributed by atoms with Gasteiger partial charge >= 0.3 is 0 Å². The Hall–Kier alpha value is -1.03. The van der Waals surface area contributed by atoms with Crippen molar-refractivity contribution in [2.75, 3.05) is 25.9 Å². The van der Waals surface area contributed by atoms with Crippen LogP contribution < -0.4 is 5.73 Å². The molecule has 0 spiro atoms. The normalized spacial score (nSPS) is 24.9. The van der Waals surface area contributed by atoms with Crippen molar-refractivity contribution >= 4 is 5.69 Å². The van der Waals surface area contributed by atoms with Gasteiger partial charge in [-0.3, -0.25) is 4.68 Å². The van der Waals surface area contributed by atoms with E-state index in [-0.39, 0.29) is 0 Å². The number of likely N-dealkylation sites (tertiary alicyclic amines) is 1. The van der Waals surface area contributed by atoms with Crippen LogP contribution in [0.3, 0.4) is 0 Å². The number of hydrogen-bond acceptors (Lipinski definition) is 3. The molecule has 0 bridgehead atoms. The predicted octanol–water partition coefficient (Wildman–Crippen LogP) is 0.342. The maximum absolute atomic E-state index is 5.58. The van der Waals surface area contributed by atoms with Crippen molar-refractivity contribution in [2.24, 2.45) is 0 Å². The summed E-state index contributed by atoms with van der Waals surface area (Å²) < 4.78 is 1.97. The van der Waals surface area contributed by atoms with Crippen LogP contribution >= 0.6 is 0 Å². The predicted molar refractivity (Wildman–Crippen MR) is 47.8 cm³/mol. The van der Waals surface area contributed by atoms with Gasteiger partial charge in [0.05, 0.1) is 17.9 Å². The molecular formula is C8H14N4. The lowest BCUT2D eigenvalue weighted by molar-refractivity contribution is 0.382. The van der Waals surface area contributed by atoms with Gasteiger partial charge < -0.3 is 10.6 Å². The van der Waals surface area contributed by atoms with Gasteiger partial charge in [-0.1, -0.05) is 0 Å². The van der Waals surface area contributed by atoms with Gasteiger partial charge in [0.15, 0.2) is 0 Å². The Morgan fingerprint density at radius 3 is 3.00 bits per heavy atom. The second-order valence-corrected chi connectivity index (χ2v) is 3.46. The summed E-state index contributed by atoms with van der Waals surface area (Å²) in [4.78, 5) is 2.31. The standard InChI is InChI=1S/C8H14N4/c1-11-3-2-8(6-11)12-5-7(9)4-10-12/h4-5,8H,2-3,6,9H2,1H3/t8-/m0/s1. The number of nitrogen functional groups attached to an aromatic ring is 1. The molecule has 0 unspecified atom stereocenters. The van der Waals surface area contributed by atoms with Crippen LogP contribution in [0.25, 0.3) is 0 Å². The summed E-state index contributed by atoms with van der Waals surface area (Å²) in [6.45, 7) is 2.24. The third-order valence-electron chi connectivity index (χ3n) is 2.36. The van der Waals surface area contributed by atoms with E-state index < -0.39 is 0 Å². The molecule has 1 aromatic heterocycles. The molecule has 0 amide bonds. The van der Waals surface area contributed by atoms with E-state index in [1.165, 1.54) is 6.42 Å². The largest absolute Gasteiger partial charge is 0.396 e. The summed E-state index contributed by atoms with van der Waals surface area (Å²) in [7, 11) is 2.13. The second-order valence-electron chi connectivity index (χ2n) is 3.46. The summed E-state index contributed by atoms with van der Waals surface area (Å²) >= 11 is 0. The minimum atomic E-state index is 0.521. The molecule has 0 radical (unpaired) electrons. The van der Waals surface area contributed by atoms with Crippen molar-refractivity contribution < 1.29 is 0 Å². The lowest BCUT2D eigenvalue weighted by atomic mass is 10.3. The Balaban J connectivity index is 2.11. The smallest absolute Gasteiger partial charge is 0.0719 e. The van der Waals surface area contributed by atoms with Crippen LogP contribution in [0.2, 0.25) is 0 Å². The zero-order valence-electron chi connectivity index (χ0n) is 7.27. The van der Waals surface area contributed by atoms with E-state index in [0.717, 1.165) is 18.8 Å². The first kappa shape index (κ1) is 7.61. The molecule has 4 heteroatoms. The van der Waals surface area contributed by atoms with Gasteiger partial charge in [-0.2, -0.15) is 5.10 Å². The Kier molecular flexibility index (Phi) is 1.77. The Labute approximate surface area is 72.0 Å². The van der Waals surface area contributed by atoms with Gasteiger partial charge in [0, 0.05) is 12.7 Å². The molecule has 1 aromatic rings. The highest BCUT2D eigenvalue weighted by Crippen LogP contribution is 2.19. The van der Waals surface area contributed by atoms with E-state index in [9.17, 15) is 0 Å². The molecule has 1 saturated heterocycles. The minimum absolute atomic E-state index is 0.521. The molecule has 4 nitrogen and oxygen atoms in total. The fourth-order valence-corrected chi connectivity index (χ4v) is 1.68. The second kappa shape index (κ2) is 2.79. The lowest BCUT2D eigenvalue weighted by Gasteiger charge is -2.10. The zero-order valence-corrected chi connectivity index (χ0v) is 7.27. The Bertz CT molecular complexity index is 268. The van der Waals surface area contributed by atoms with Gasteiger partial charge in [0.25, 0.3) is 0 Å². The maximum Gasteiger partial charge on any atom is 0.0719 e. The number of hydrogen-bond donors (Lipinski definition) is 1. The van der Waals surface area contributed by atoms with Crippen molar-refractivity contribution in [1.82, 2.24) is 14.7 Å². The minimum Gasteiger partial charge on any atom is -0.396 e.